The number of hydrogen-bond acceptors (Lipinski definition) is 1. The Bertz CT molecular complexity index is 1330. The maximum Gasteiger partial charge on any atom is 0.387 e. The standard InChI is InChI=1S/C30H27F5O/c1-2-3-4-5-6-7-19-8-9-21-15-22(11-10-20(21)14-19)24-17-26(32)29(27(33)18-24)23-12-13-28(25(31)16-23)36-30(34)35/h8-18,30H,2-7H2,1H3. The highest BCUT2D eigenvalue weighted by molar-refractivity contribution is 5.88. The molecule has 0 radical (unpaired) electrons. The Hall–Kier alpha value is -3.41. The highest BCUT2D eigenvalue weighted by atomic mass is 19.3. The number of hydrogen-bond donors (Lipinski definition) is 0. The average molecular weight is 499 g/mol. The van der Waals surface area contributed by atoms with Gasteiger partial charge >= 0.3 is 6.61 Å². The van der Waals surface area contributed by atoms with Gasteiger partial charge in [0.2, 0.25) is 0 Å². The zero-order valence-corrected chi connectivity index (χ0v) is 20.0. The van der Waals surface area contributed by atoms with Crippen molar-refractivity contribution in [3.05, 3.63) is 89.7 Å². The quantitative estimate of drug-likeness (QED) is 0.156. The Morgan fingerprint density at radius 1 is 0.639 bits per heavy atom. The Labute approximate surface area is 207 Å². The van der Waals surface area contributed by atoms with E-state index in [1.807, 2.05) is 24.3 Å². The number of halogens is 5. The molecule has 0 N–H and O–H groups in total. The van der Waals surface area contributed by atoms with Crippen LogP contribution in [0.2, 0.25) is 0 Å². The van der Waals surface area contributed by atoms with Gasteiger partial charge in [0.05, 0.1) is 5.56 Å². The van der Waals surface area contributed by atoms with E-state index < -0.39 is 35.4 Å². The molecule has 0 aliphatic rings. The van der Waals surface area contributed by atoms with Crippen LogP contribution >= 0.6 is 0 Å². The van der Waals surface area contributed by atoms with Crippen LogP contribution in [0.1, 0.15) is 44.6 Å². The molecule has 0 spiro atoms. The first-order chi connectivity index (χ1) is 17.4. The first-order valence-electron chi connectivity index (χ1n) is 12.1. The maximum atomic E-state index is 15.0. The minimum absolute atomic E-state index is 0.114. The van der Waals surface area contributed by atoms with E-state index in [2.05, 4.69) is 23.8 Å². The minimum Gasteiger partial charge on any atom is -0.432 e. The smallest absolute Gasteiger partial charge is 0.387 e. The van der Waals surface area contributed by atoms with E-state index in [9.17, 15) is 22.0 Å². The summed E-state index contributed by atoms with van der Waals surface area (Å²) in [5.74, 6) is -3.59. The van der Waals surface area contributed by atoms with Gasteiger partial charge in [0.15, 0.2) is 11.6 Å². The van der Waals surface area contributed by atoms with Crippen LogP contribution in [0.15, 0.2) is 66.7 Å². The van der Waals surface area contributed by atoms with Crippen molar-refractivity contribution in [1.29, 1.82) is 0 Å². The molecule has 0 aliphatic heterocycles. The topological polar surface area (TPSA) is 9.23 Å². The second-order valence-corrected chi connectivity index (χ2v) is 8.90. The molecule has 0 aromatic heterocycles. The van der Waals surface area contributed by atoms with Crippen LogP contribution in [0.5, 0.6) is 5.75 Å². The molecule has 6 heteroatoms. The third-order valence-corrected chi connectivity index (χ3v) is 6.29. The molecule has 4 rings (SSSR count). The van der Waals surface area contributed by atoms with Crippen LogP contribution in [0.3, 0.4) is 0 Å². The summed E-state index contributed by atoms with van der Waals surface area (Å²) in [6.07, 6.45) is 7.14. The van der Waals surface area contributed by atoms with Crippen molar-refractivity contribution in [3.8, 4) is 28.0 Å². The number of benzene rings is 4. The number of fused-ring (bicyclic) bond motifs is 1. The molecule has 1 nitrogen and oxygen atoms in total. The van der Waals surface area contributed by atoms with Crippen LogP contribution in [0, 0.1) is 17.5 Å². The molecule has 4 aromatic carbocycles. The monoisotopic (exact) mass is 498 g/mol. The van der Waals surface area contributed by atoms with Crippen molar-refractivity contribution in [3.63, 3.8) is 0 Å². The van der Waals surface area contributed by atoms with Gasteiger partial charge in [-0.05, 0) is 76.2 Å². The molecular weight excluding hydrogens is 471 g/mol. The van der Waals surface area contributed by atoms with E-state index in [0.717, 1.165) is 41.8 Å². The third-order valence-electron chi connectivity index (χ3n) is 6.29. The van der Waals surface area contributed by atoms with Gasteiger partial charge in [0, 0.05) is 0 Å². The molecule has 0 saturated carbocycles. The lowest BCUT2D eigenvalue weighted by Crippen LogP contribution is -2.03. The van der Waals surface area contributed by atoms with Gasteiger partial charge in [-0.3, -0.25) is 0 Å². The van der Waals surface area contributed by atoms with E-state index in [-0.39, 0.29) is 5.56 Å². The highest BCUT2D eigenvalue weighted by Gasteiger charge is 2.17. The zero-order valence-electron chi connectivity index (χ0n) is 20.0. The minimum atomic E-state index is -3.21. The molecule has 0 atom stereocenters. The fourth-order valence-electron chi connectivity index (χ4n) is 4.43. The fourth-order valence-corrected chi connectivity index (χ4v) is 4.43. The molecule has 0 saturated heterocycles. The van der Waals surface area contributed by atoms with Crippen molar-refractivity contribution in [2.45, 2.75) is 52.1 Å². The summed E-state index contributed by atoms with van der Waals surface area (Å²) in [5.41, 5.74) is 1.70. The number of alkyl halides is 2. The van der Waals surface area contributed by atoms with E-state index in [1.165, 1.54) is 43.4 Å². The van der Waals surface area contributed by atoms with Crippen LogP contribution < -0.4 is 4.74 Å². The van der Waals surface area contributed by atoms with Crippen LogP contribution in [0.25, 0.3) is 33.0 Å². The first-order valence-corrected chi connectivity index (χ1v) is 12.1. The van der Waals surface area contributed by atoms with Crippen LogP contribution in [-0.4, -0.2) is 6.61 Å². The van der Waals surface area contributed by atoms with Gasteiger partial charge in [-0.2, -0.15) is 8.78 Å². The summed E-state index contributed by atoms with van der Waals surface area (Å²) in [5, 5.41) is 2.02. The Balaban J connectivity index is 1.56. The molecule has 0 bridgehead atoms. The van der Waals surface area contributed by atoms with E-state index in [4.69, 9.17) is 0 Å². The summed E-state index contributed by atoms with van der Waals surface area (Å²) in [7, 11) is 0. The van der Waals surface area contributed by atoms with Crippen molar-refractivity contribution >= 4 is 10.8 Å². The lowest BCUT2D eigenvalue weighted by molar-refractivity contribution is -0.0521. The Kier molecular flexibility index (Phi) is 8.24. The normalized spacial score (nSPS) is 11.4. The average Bonchev–Trinajstić information content (AvgIpc) is 2.84. The van der Waals surface area contributed by atoms with Gasteiger partial charge in [-0.25, -0.2) is 13.2 Å². The molecular formula is C30H27F5O. The molecule has 188 valence electrons. The summed E-state index contributed by atoms with van der Waals surface area (Å²) in [4.78, 5) is 0. The zero-order chi connectivity index (χ0) is 25.7. The second-order valence-electron chi connectivity index (χ2n) is 8.90. The first kappa shape index (κ1) is 25.7. The highest BCUT2D eigenvalue weighted by Crippen LogP contribution is 2.34. The molecule has 0 amide bonds. The Morgan fingerprint density at radius 2 is 1.28 bits per heavy atom. The SMILES string of the molecule is CCCCCCCc1ccc2cc(-c3cc(F)c(-c4ccc(OC(F)F)c(F)c4)c(F)c3)ccc2c1. The van der Waals surface area contributed by atoms with Crippen LogP contribution in [-0.2, 0) is 6.42 Å². The van der Waals surface area contributed by atoms with Gasteiger partial charge in [0.1, 0.15) is 11.6 Å². The summed E-state index contributed by atoms with van der Waals surface area (Å²) >= 11 is 0. The second kappa shape index (κ2) is 11.5. The van der Waals surface area contributed by atoms with Crippen molar-refractivity contribution in [2.75, 3.05) is 0 Å². The third kappa shape index (κ3) is 6.04. The fraction of sp³-hybridized carbons (Fsp3) is 0.267. The number of ether oxygens (including phenoxy) is 1. The van der Waals surface area contributed by atoms with Crippen molar-refractivity contribution < 1.29 is 26.7 Å². The largest absolute Gasteiger partial charge is 0.432 e. The summed E-state index contributed by atoms with van der Waals surface area (Å²) in [6.45, 7) is -1.01. The van der Waals surface area contributed by atoms with Crippen molar-refractivity contribution in [1.82, 2.24) is 0 Å². The van der Waals surface area contributed by atoms with Gasteiger partial charge in [-0.1, -0.05) is 69.0 Å². The molecule has 0 heterocycles. The number of aryl methyl sites for hydroxylation is 1. The molecule has 0 unspecified atom stereocenters. The maximum absolute atomic E-state index is 15.0. The predicted molar refractivity (Wildman–Crippen MR) is 134 cm³/mol. The molecule has 36 heavy (non-hydrogen) atoms. The van der Waals surface area contributed by atoms with Crippen molar-refractivity contribution in [2.24, 2.45) is 0 Å². The van der Waals surface area contributed by atoms with E-state index in [1.54, 1.807) is 0 Å². The van der Waals surface area contributed by atoms with Gasteiger partial charge in [0.25, 0.3) is 0 Å². The predicted octanol–water partition coefficient (Wildman–Crippen LogP) is 9.71. The van der Waals surface area contributed by atoms with Gasteiger partial charge in [-0.15, -0.1) is 0 Å². The number of rotatable bonds is 10. The van der Waals surface area contributed by atoms with E-state index in [0.29, 0.717) is 11.1 Å². The summed E-state index contributed by atoms with van der Waals surface area (Å²) < 4.78 is 72.8. The lowest BCUT2D eigenvalue weighted by Gasteiger charge is -2.12. The Morgan fingerprint density at radius 3 is 1.97 bits per heavy atom. The lowest BCUT2D eigenvalue weighted by atomic mass is 9.96. The number of unbranched alkanes of at least 4 members (excludes halogenated alkanes) is 4. The van der Waals surface area contributed by atoms with E-state index >= 15 is 0 Å². The van der Waals surface area contributed by atoms with Crippen LogP contribution in [0.4, 0.5) is 22.0 Å². The van der Waals surface area contributed by atoms with Gasteiger partial charge < -0.3 is 4.74 Å². The molecule has 4 aromatic rings. The molecule has 0 aliphatic carbocycles. The summed E-state index contributed by atoms with van der Waals surface area (Å²) in [6, 6.07) is 17.1. The molecule has 0 fully saturated rings.